The van der Waals surface area contributed by atoms with Crippen LogP contribution in [0, 0.1) is 13.8 Å². The van der Waals surface area contributed by atoms with Gasteiger partial charge in [0.1, 0.15) is 0 Å². The second-order valence-corrected chi connectivity index (χ2v) is 12.2. The summed E-state index contributed by atoms with van der Waals surface area (Å²) in [5.74, 6) is -0.475. The predicted molar refractivity (Wildman–Crippen MR) is 139 cm³/mol. The maximum atomic E-state index is 12.4. The SMILES string of the molecule is Cc1cc(C)c2nc(N3CCN(CCNC(=O)CCS(=O)(=O)c4ccc(Cl)cc4)CC3)sc2c1. The Balaban J connectivity index is 1.19. The molecule has 1 amide bonds. The molecule has 34 heavy (non-hydrogen) atoms. The molecule has 1 aliphatic rings. The summed E-state index contributed by atoms with van der Waals surface area (Å²) >= 11 is 7.55. The third-order valence-corrected chi connectivity index (χ3v) is 9.03. The number of aromatic nitrogens is 1. The molecule has 182 valence electrons. The summed E-state index contributed by atoms with van der Waals surface area (Å²) in [6.45, 7) is 9.04. The Labute approximate surface area is 209 Å². The average Bonchev–Trinajstić information content (AvgIpc) is 3.23. The Hall–Kier alpha value is -2.20. The number of hydrogen-bond donors (Lipinski definition) is 1. The number of nitrogens with zero attached hydrogens (tertiary/aromatic N) is 3. The number of nitrogens with one attached hydrogen (secondary N) is 1. The summed E-state index contributed by atoms with van der Waals surface area (Å²) in [6, 6.07) is 10.4. The van der Waals surface area contributed by atoms with Crippen LogP contribution >= 0.6 is 22.9 Å². The van der Waals surface area contributed by atoms with Gasteiger partial charge >= 0.3 is 0 Å². The Bertz CT molecular complexity index is 1270. The van der Waals surface area contributed by atoms with E-state index in [0.29, 0.717) is 11.6 Å². The fraction of sp³-hybridized carbons (Fsp3) is 0.417. The van der Waals surface area contributed by atoms with Crippen LogP contribution in [0.2, 0.25) is 5.02 Å². The molecule has 10 heteroatoms. The highest BCUT2D eigenvalue weighted by atomic mass is 35.5. The normalized spacial score (nSPS) is 15.1. The number of anilines is 1. The first-order valence-electron chi connectivity index (χ1n) is 11.3. The number of carbonyl (C=O) groups is 1. The van der Waals surface area contributed by atoms with Crippen LogP contribution in [0.15, 0.2) is 41.3 Å². The lowest BCUT2D eigenvalue weighted by Crippen LogP contribution is -2.48. The van der Waals surface area contributed by atoms with Crippen LogP contribution in [-0.2, 0) is 14.6 Å². The maximum absolute atomic E-state index is 12.4. The first-order valence-corrected chi connectivity index (χ1v) is 14.2. The molecule has 0 spiro atoms. The van der Waals surface area contributed by atoms with Gasteiger partial charge in [0.2, 0.25) is 5.91 Å². The Morgan fingerprint density at radius 3 is 2.53 bits per heavy atom. The van der Waals surface area contributed by atoms with Crippen molar-refractivity contribution in [1.29, 1.82) is 0 Å². The molecule has 0 aliphatic carbocycles. The van der Waals surface area contributed by atoms with E-state index in [1.807, 2.05) is 0 Å². The summed E-state index contributed by atoms with van der Waals surface area (Å²) in [5.41, 5.74) is 3.57. The van der Waals surface area contributed by atoms with Crippen LogP contribution < -0.4 is 10.2 Å². The van der Waals surface area contributed by atoms with Crippen molar-refractivity contribution in [3.63, 3.8) is 0 Å². The minimum atomic E-state index is -3.51. The third kappa shape index (κ3) is 6.07. The standard InChI is InChI=1S/C24H29ClN4O3S2/c1-17-15-18(2)23-21(16-17)33-24(27-23)29-12-10-28(11-13-29)9-8-26-22(30)7-14-34(31,32)20-5-3-19(25)4-6-20/h3-6,15-16H,7-14H2,1-2H3,(H,26,30). The number of piperazine rings is 1. The Morgan fingerprint density at radius 1 is 1.12 bits per heavy atom. The predicted octanol–water partition coefficient (Wildman–Crippen LogP) is 3.67. The molecule has 1 aliphatic heterocycles. The van der Waals surface area contributed by atoms with Gasteiger partial charge in [0, 0.05) is 50.7 Å². The van der Waals surface area contributed by atoms with Gasteiger partial charge in [-0.1, -0.05) is 29.0 Å². The van der Waals surface area contributed by atoms with Crippen molar-refractivity contribution in [2.24, 2.45) is 0 Å². The number of rotatable bonds is 8. The summed E-state index contributed by atoms with van der Waals surface area (Å²) in [7, 11) is -3.51. The molecule has 1 aromatic heterocycles. The van der Waals surface area contributed by atoms with E-state index < -0.39 is 9.84 Å². The van der Waals surface area contributed by atoms with Crippen molar-refractivity contribution in [3.05, 3.63) is 52.5 Å². The molecular formula is C24H29ClN4O3S2. The fourth-order valence-electron chi connectivity index (χ4n) is 4.09. The monoisotopic (exact) mass is 520 g/mol. The van der Waals surface area contributed by atoms with Gasteiger partial charge in [-0.3, -0.25) is 9.69 Å². The van der Waals surface area contributed by atoms with E-state index in [1.54, 1.807) is 11.3 Å². The number of halogens is 1. The zero-order chi connectivity index (χ0) is 24.3. The summed E-state index contributed by atoms with van der Waals surface area (Å²) in [5, 5.41) is 4.39. The Kier molecular flexibility index (Phi) is 7.77. The zero-order valence-electron chi connectivity index (χ0n) is 19.4. The molecular weight excluding hydrogens is 492 g/mol. The molecule has 2 heterocycles. The van der Waals surface area contributed by atoms with Crippen LogP contribution in [0.5, 0.6) is 0 Å². The second-order valence-electron chi connectivity index (χ2n) is 8.63. The van der Waals surface area contributed by atoms with E-state index in [1.165, 1.54) is 40.1 Å². The second kappa shape index (κ2) is 10.6. The first-order chi connectivity index (χ1) is 16.2. The quantitative estimate of drug-likeness (QED) is 0.488. The maximum Gasteiger partial charge on any atom is 0.221 e. The molecule has 2 aromatic carbocycles. The van der Waals surface area contributed by atoms with Gasteiger partial charge < -0.3 is 10.2 Å². The summed E-state index contributed by atoms with van der Waals surface area (Å²) in [4.78, 5) is 21.8. The number of aryl methyl sites for hydroxylation is 2. The molecule has 0 atom stereocenters. The zero-order valence-corrected chi connectivity index (χ0v) is 21.8. The van der Waals surface area contributed by atoms with E-state index in [-0.39, 0.29) is 23.0 Å². The van der Waals surface area contributed by atoms with Crippen molar-refractivity contribution in [3.8, 4) is 0 Å². The highest BCUT2D eigenvalue weighted by molar-refractivity contribution is 7.91. The van der Waals surface area contributed by atoms with Gasteiger partial charge in [0.25, 0.3) is 0 Å². The average molecular weight is 521 g/mol. The lowest BCUT2D eigenvalue weighted by atomic mass is 10.1. The van der Waals surface area contributed by atoms with E-state index in [2.05, 4.69) is 41.1 Å². The third-order valence-electron chi connectivity index (χ3n) is 5.98. The van der Waals surface area contributed by atoms with E-state index in [4.69, 9.17) is 16.6 Å². The molecule has 0 bridgehead atoms. The van der Waals surface area contributed by atoms with Crippen molar-refractivity contribution >= 4 is 54.0 Å². The molecule has 0 unspecified atom stereocenters. The van der Waals surface area contributed by atoms with Gasteiger partial charge in [0.15, 0.2) is 15.0 Å². The molecule has 1 fully saturated rings. The highest BCUT2D eigenvalue weighted by Gasteiger charge is 2.21. The van der Waals surface area contributed by atoms with Crippen LogP contribution in [0.1, 0.15) is 17.5 Å². The molecule has 0 radical (unpaired) electrons. The highest BCUT2D eigenvalue weighted by Crippen LogP contribution is 2.32. The minimum absolute atomic E-state index is 0.0603. The molecule has 1 saturated heterocycles. The van der Waals surface area contributed by atoms with Gasteiger partial charge in [0.05, 0.1) is 20.9 Å². The number of benzene rings is 2. The van der Waals surface area contributed by atoms with Crippen LogP contribution in [0.3, 0.4) is 0 Å². The van der Waals surface area contributed by atoms with Crippen molar-refractivity contribution < 1.29 is 13.2 Å². The van der Waals surface area contributed by atoms with E-state index >= 15 is 0 Å². The number of sulfone groups is 1. The van der Waals surface area contributed by atoms with E-state index in [0.717, 1.165) is 43.4 Å². The first kappa shape index (κ1) is 24.9. The number of amides is 1. The fourth-order valence-corrected chi connectivity index (χ4v) is 6.65. The van der Waals surface area contributed by atoms with Crippen molar-refractivity contribution in [2.75, 3.05) is 49.9 Å². The molecule has 0 saturated carbocycles. The van der Waals surface area contributed by atoms with Crippen molar-refractivity contribution in [2.45, 2.75) is 25.2 Å². The van der Waals surface area contributed by atoms with Crippen LogP contribution in [-0.4, -0.2) is 69.2 Å². The number of fused-ring (bicyclic) bond motifs is 1. The van der Waals surface area contributed by atoms with E-state index in [9.17, 15) is 13.2 Å². The molecule has 3 aromatic rings. The van der Waals surface area contributed by atoms with Crippen LogP contribution in [0.4, 0.5) is 5.13 Å². The lowest BCUT2D eigenvalue weighted by molar-refractivity contribution is -0.120. The van der Waals surface area contributed by atoms with Gasteiger partial charge in [-0.25, -0.2) is 13.4 Å². The molecule has 1 N–H and O–H groups in total. The van der Waals surface area contributed by atoms with Gasteiger partial charge in [-0.15, -0.1) is 0 Å². The minimum Gasteiger partial charge on any atom is -0.355 e. The number of hydrogen-bond acceptors (Lipinski definition) is 7. The molecule has 7 nitrogen and oxygen atoms in total. The summed E-state index contributed by atoms with van der Waals surface area (Å²) in [6.07, 6.45) is -0.0603. The van der Waals surface area contributed by atoms with Gasteiger partial charge in [-0.05, 0) is 55.3 Å². The largest absolute Gasteiger partial charge is 0.355 e. The smallest absolute Gasteiger partial charge is 0.221 e. The topological polar surface area (TPSA) is 82.6 Å². The number of carbonyl (C=O) groups excluding carboxylic acids is 1. The van der Waals surface area contributed by atoms with Crippen LogP contribution in [0.25, 0.3) is 10.2 Å². The lowest BCUT2D eigenvalue weighted by Gasteiger charge is -2.34. The van der Waals surface area contributed by atoms with Gasteiger partial charge in [-0.2, -0.15) is 0 Å². The summed E-state index contributed by atoms with van der Waals surface area (Å²) < 4.78 is 26.0. The van der Waals surface area contributed by atoms with Crippen molar-refractivity contribution in [1.82, 2.24) is 15.2 Å². The Morgan fingerprint density at radius 2 is 1.82 bits per heavy atom. The number of thiazole rings is 1. The molecule has 4 rings (SSSR count).